The molecule has 3 heteroatoms. The van der Waals surface area contributed by atoms with Crippen LogP contribution in [0.2, 0.25) is 0 Å². The lowest BCUT2D eigenvalue weighted by Gasteiger charge is -2.13. The van der Waals surface area contributed by atoms with Gasteiger partial charge in [-0.05, 0) is 28.5 Å². The Bertz CT molecular complexity index is 1270. The molecular formula is C26H19NO2. The van der Waals surface area contributed by atoms with Crippen LogP contribution in [0.15, 0.2) is 96.0 Å². The standard InChI is InChI=1S/C26H19NO2/c1-29-23-13-7-6-12-22(23)27-25-20-10-4-5-11-21(20)26(28)24(25)19-15-14-17-8-2-3-9-18(17)16-19/h2-16,24H,1H3/t24-/m0/s1. The highest BCUT2D eigenvalue weighted by atomic mass is 16.5. The van der Waals surface area contributed by atoms with Crippen molar-refractivity contribution in [1.82, 2.24) is 0 Å². The average Bonchev–Trinajstić information content (AvgIpc) is 3.05. The van der Waals surface area contributed by atoms with Crippen molar-refractivity contribution in [2.45, 2.75) is 5.92 Å². The molecule has 4 aromatic carbocycles. The summed E-state index contributed by atoms with van der Waals surface area (Å²) >= 11 is 0. The van der Waals surface area contributed by atoms with Crippen molar-refractivity contribution in [3.8, 4) is 5.75 Å². The zero-order chi connectivity index (χ0) is 19.8. The molecule has 0 unspecified atom stereocenters. The van der Waals surface area contributed by atoms with E-state index in [0.717, 1.165) is 38.9 Å². The van der Waals surface area contributed by atoms with Gasteiger partial charge in [0.25, 0.3) is 0 Å². The van der Waals surface area contributed by atoms with E-state index >= 15 is 0 Å². The summed E-state index contributed by atoms with van der Waals surface area (Å²) in [6.45, 7) is 0. The number of hydrogen-bond donors (Lipinski definition) is 0. The number of carbonyl (C=O) groups excluding carboxylic acids is 1. The SMILES string of the molecule is COc1ccccc1N=C1c2ccccc2C(=O)[C@H]1c1ccc2ccccc2c1. The number of carbonyl (C=O) groups is 1. The molecule has 140 valence electrons. The Morgan fingerprint density at radius 2 is 1.45 bits per heavy atom. The molecule has 3 nitrogen and oxygen atoms in total. The number of nitrogens with zero attached hydrogens (tertiary/aromatic N) is 1. The Morgan fingerprint density at radius 1 is 0.759 bits per heavy atom. The predicted octanol–water partition coefficient (Wildman–Crippen LogP) is 5.95. The van der Waals surface area contributed by atoms with Crippen LogP contribution in [0.3, 0.4) is 0 Å². The van der Waals surface area contributed by atoms with Crippen LogP contribution in [0.25, 0.3) is 10.8 Å². The van der Waals surface area contributed by atoms with Crippen LogP contribution in [0.4, 0.5) is 5.69 Å². The monoisotopic (exact) mass is 377 g/mol. The van der Waals surface area contributed by atoms with Crippen LogP contribution in [-0.4, -0.2) is 18.6 Å². The highest BCUT2D eigenvalue weighted by Gasteiger charge is 2.37. The Labute approximate surface area is 169 Å². The molecule has 5 rings (SSSR count). The fourth-order valence-electron chi connectivity index (χ4n) is 4.03. The van der Waals surface area contributed by atoms with Gasteiger partial charge in [-0.15, -0.1) is 0 Å². The second-order valence-corrected chi connectivity index (χ2v) is 7.12. The number of rotatable bonds is 3. The molecule has 0 N–H and O–H groups in total. The van der Waals surface area contributed by atoms with Crippen molar-refractivity contribution >= 4 is 28.0 Å². The van der Waals surface area contributed by atoms with Crippen LogP contribution in [0.5, 0.6) is 5.75 Å². The van der Waals surface area contributed by atoms with Crippen LogP contribution in [0.1, 0.15) is 27.4 Å². The van der Waals surface area contributed by atoms with Gasteiger partial charge in [0.05, 0.1) is 18.7 Å². The van der Waals surface area contributed by atoms with Gasteiger partial charge in [-0.25, -0.2) is 4.99 Å². The second kappa shape index (κ2) is 7.02. The fourth-order valence-corrected chi connectivity index (χ4v) is 4.03. The molecule has 4 aromatic rings. The largest absolute Gasteiger partial charge is 0.494 e. The molecule has 0 heterocycles. The van der Waals surface area contributed by atoms with E-state index in [1.165, 1.54) is 0 Å². The molecule has 0 bridgehead atoms. The number of methoxy groups -OCH3 is 1. The Morgan fingerprint density at radius 3 is 2.28 bits per heavy atom. The molecule has 0 saturated carbocycles. The lowest BCUT2D eigenvalue weighted by atomic mass is 9.91. The first-order valence-corrected chi connectivity index (χ1v) is 9.60. The minimum Gasteiger partial charge on any atom is -0.494 e. The van der Waals surface area contributed by atoms with Crippen LogP contribution < -0.4 is 4.74 Å². The van der Waals surface area contributed by atoms with Crippen LogP contribution in [0, 0.1) is 0 Å². The van der Waals surface area contributed by atoms with Crippen molar-refractivity contribution in [1.29, 1.82) is 0 Å². The van der Waals surface area contributed by atoms with E-state index < -0.39 is 5.92 Å². The fraction of sp³-hybridized carbons (Fsp3) is 0.0769. The van der Waals surface area contributed by atoms with Crippen molar-refractivity contribution in [2.24, 2.45) is 4.99 Å². The van der Waals surface area contributed by atoms with Gasteiger partial charge in [0.2, 0.25) is 0 Å². The smallest absolute Gasteiger partial charge is 0.176 e. The molecular weight excluding hydrogens is 358 g/mol. The molecule has 1 aliphatic carbocycles. The van der Waals surface area contributed by atoms with E-state index in [2.05, 4.69) is 24.3 Å². The number of hydrogen-bond acceptors (Lipinski definition) is 3. The maximum absolute atomic E-state index is 13.4. The Balaban J connectivity index is 1.72. The summed E-state index contributed by atoms with van der Waals surface area (Å²) < 4.78 is 5.48. The quantitative estimate of drug-likeness (QED) is 0.442. The maximum Gasteiger partial charge on any atom is 0.176 e. The number of benzene rings is 4. The number of para-hydroxylation sites is 2. The summed E-state index contributed by atoms with van der Waals surface area (Å²) in [6.07, 6.45) is 0. The molecule has 0 fully saturated rings. The van der Waals surface area contributed by atoms with Crippen molar-refractivity contribution in [2.75, 3.05) is 7.11 Å². The predicted molar refractivity (Wildman–Crippen MR) is 117 cm³/mol. The lowest BCUT2D eigenvalue weighted by molar-refractivity contribution is 0.0988. The second-order valence-electron chi connectivity index (χ2n) is 7.12. The summed E-state index contributed by atoms with van der Waals surface area (Å²) in [5.74, 6) is 0.348. The van der Waals surface area contributed by atoms with Gasteiger partial charge in [0.15, 0.2) is 5.78 Å². The molecule has 29 heavy (non-hydrogen) atoms. The van der Waals surface area contributed by atoms with Gasteiger partial charge in [0, 0.05) is 11.1 Å². The first-order valence-electron chi connectivity index (χ1n) is 9.60. The molecule has 0 aliphatic heterocycles. The van der Waals surface area contributed by atoms with Gasteiger partial charge in [0.1, 0.15) is 11.4 Å². The number of aliphatic imine (C=N–C) groups is 1. The van der Waals surface area contributed by atoms with Gasteiger partial charge in [-0.2, -0.15) is 0 Å². The number of fused-ring (bicyclic) bond motifs is 2. The molecule has 0 aromatic heterocycles. The van der Waals surface area contributed by atoms with Crippen molar-refractivity contribution in [3.05, 3.63) is 108 Å². The molecule has 0 amide bonds. The summed E-state index contributed by atoms with van der Waals surface area (Å²) in [6, 6.07) is 29.7. The minimum absolute atomic E-state index is 0.0875. The lowest BCUT2D eigenvalue weighted by Crippen LogP contribution is -2.13. The highest BCUT2D eigenvalue weighted by molar-refractivity contribution is 6.32. The molecule has 1 atom stereocenters. The third kappa shape index (κ3) is 2.92. The molecule has 1 aliphatic rings. The molecule has 0 spiro atoms. The number of ketones is 1. The summed E-state index contributed by atoms with van der Waals surface area (Å²) in [5, 5.41) is 2.27. The van der Waals surface area contributed by atoms with Gasteiger partial charge in [-0.1, -0.05) is 78.9 Å². The summed E-state index contributed by atoms with van der Waals surface area (Å²) in [7, 11) is 1.63. The van der Waals surface area contributed by atoms with E-state index in [1.54, 1.807) is 7.11 Å². The zero-order valence-corrected chi connectivity index (χ0v) is 16.0. The first-order chi connectivity index (χ1) is 14.3. The van der Waals surface area contributed by atoms with E-state index in [4.69, 9.17) is 9.73 Å². The van der Waals surface area contributed by atoms with Gasteiger partial charge >= 0.3 is 0 Å². The summed E-state index contributed by atoms with van der Waals surface area (Å²) in [5.41, 5.74) is 4.06. The van der Waals surface area contributed by atoms with E-state index in [0.29, 0.717) is 5.75 Å². The van der Waals surface area contributed by atoms with E-state index in [9.17, 15) is 4.79 Å². The Kier molecular flexibility index (Phi) is 4.21. The topological polar surface area (TPSA) is 38.7 Å². The van der Waals surface area contributed by atoms with E-state index in [-0.39, 0.29) is 5.78 Å². The number of ether oxygens (including phenoxy) is 1. The third-order valence-electron chi connectivity index (χ3n) is 5.44. The van der Waals surface area contributed by atoms with Crippen LogP contribution >= 0.6 is 0 Å². The van der Waals surface area contributed by atoms with Gasteiger partial charge in [-0.3, -0.25) is 4.79 Å². The molecule has 0 radical (unpaired) electrons. The normalized spacial score (nSPS) is 16.9. The molecule has 0 saturated heterocycles. The first kappa shape index (κ1) is 17.4. The van der Waals surface area contributed by atoms with Gasteiger partial charge < -0.3 is 4.74 Å². The number of Topliss-reactive ketones (excluding diaryl/α,β-unsaturated/α-hetero) is 1. The zero-order valence-electron chi connectivity index (χ0n) is 16.0. The van der Waals surface area contributed by atoms with E-state index in [1.807, 2.05) is 66.7 Å². The maximum atomic E-state index is 13.4. The summed E-state index contributed by atoms with van der Waals surface area (Å²) in [4.78, 5) is 18.3. The van der Waals surface area contributed by atoms with Crippen LogP contribution in [-0.2, 0) is 0 Å². The van der Waals surface area contributed by atoms with Crippen molar-refractivity contribution in [3.63, 3.8) is 0 Å². The third-order valence-corrected chi connectivity index (χ3v) is 5.44. The highest BCUT2D eigenvalue weighted by Crippen LogP contribution is 2.38. The minimum atomic E-state index is -0.429. The average molecular weight is 377 g/mol. The van der Waals surface area contributed by atoms with Crippen molar-refractivity contribution < 1.29 is 9.53 Å². The Hall–Kier alpha value is -3.72.